The zero-order valence-electron chi connectivity index (χ0n) is 12.2. The monoisotopic (exact) mass is 252 g/mol. The number of nitrogens with zero attached hydrogens (tertiary/aromatic N) is 2. The van der Waals surface area contributed by atoms with E-state index in [2.05, 4.69) is 30.6 Å². The van der Waals surface area contributed by atoms with Crippen molar-refractivity contribution < 1.29 is 4.79 Å². The average Bonchev–Trinajstić information content (AvgIpc) is 2.32. The zero-order valence-corrected chi connectivity index (χ0v) is 12.2. The predicted octanol–water partition coefficient (Wildman–Crippen LogP) is 2.16. The van der Waals surface area contributed by atoms with E-state index < -0.39 is 0 Å². The number of carbonyl (C=O) groups excluding carboxylic acids is 1. The van der Waals surface area contributed by atoms with Gasteiger partial charge >= 0.3 is 0 Å². The third-order valence-electron chi connectivity index (χ3n) is 4.48. The fourth-order valence-electron chi connectivity index (χ4n) is 3.16. The van der Waals surface area contributed by atoms with Crippen molar-refractivity contribution in [3.63, 3.8) is 0 Å². The lowest BCUT2D eigenvalue weighted by molar-refractivity contribution is -0.125. The van der Waals surface area contributed by atoms with E-state index in [4.69, 9.17) is 0 Å². The second-order valence-electron chi connectivity index (χ2n) is 6.87. The van der Waals surface area contributed by atoms with Crippen LogP contribution in [0.2, 0.25) is 0 Å². The molecule has 2 aliphatic rings. The van der Waals surface area contributed by atoms with E-state index in [9.17, 15) is 4.79 Å². The summed E-state index contributed by atoms with van der Waals surface area (Å²) in [4.78, 5) is 16.9. The molecule has 0 bridgehead atoms. The van der Waals surface area contributed by atoms with Crippen LogP contribution in [0.15, 0.2) is 0 Å². The van der Waals surface area contributed by atoms with Gasteiger partial charge in [-0.15, -0.1) is 0 Å². The van der Waals surface area contributed by atoms with Gasteiger partial charge in [0.15, 0.2) is 0 Å². The molecule has 0 spiro atoms. The molecule has 0 aromatic carbocycles. The second kappa shape index (κ2) is 5.70. The van der Waals surface area contributed by atoms with Crippen LogP contribution in [0.5, 0.6) is 0 Å². The van der Waals surface area contributed by atoms with E-state index in [0.29, 0.717) is 11.7 Å². The fourth-order valence-corrected chi connectivity index (χ4v) is 3.16. The summed E-state index contributed by atoms with van der Waals surface area (Å²) in [6, 6.07) is 0. The van der Waals surface area contributed by atoms with Crippen LogP contribution >= 0.6 is 0 Å². The quantitative estimate of drug-likeness (QED) is 0.752. The standard InChI is InChI=1S/C15H28N2O/c1-15(2,3)17-10-8-16(9-11-17)12-13-6-4-5-7-14(13)18/h13H,4-12H2,1-3H3. The molecule has 1 heterocycles. The van der Waals surface area contributed by atoms with Gasteiger partial charge in [0.05, 0.1) is 0 Å². The average molecular weight is 252 g/mol. The first-order valence-electron chi connectivity index (χ1n) is 7.47. The van der Waals surface area contributed by atoms with E-state index >= 15 is 0 Å². The summed E-state index contributed by atoms with van der Waals surface area (Å²) < 4.78 is 0. The van der Waals surface area contributed by atoms with Crippen LogP contribution in [0.4, 0.5) is 0 Å². The Morgan fingerprint density at radius 3 is 2.33 bits per heavy atom. The first-order valence-corrected chi connectivity index (χ1v) is 7.47. The van der Waals surface area contributed by atoms with Crippen LogP contribution in [0.3, 0.4) is 0 Å². The van der Waals surface area contributed by atoms with Gasteiger partial charge in [0.2, 0.25) is 0 Å². The van der Waals surface area contributed by atoms with Crippen molar-refractivity contribution in [2.24, 2.45) is 5.92 Å². The Morgan fingerprint density at radius 1 is 1.11 bits per heavy atom. The third kappa shape index (κ3) is 3.55. The summed E-state index contributed by atoms with van der Waals surface area (Å²) in [5.74, 6) is 0.847. The van der Waals surface area contributed by atoms with Crippen molar-refractivity contribution in [3.8, 4) is 0 Å². The molecule has 0 N–H and O–H groups in total. The van der Waals surface area contributed by atoms with Crippen LogP contribution in [-0.2, 0) is 4.79 Å². The van der Waals surface area contributed by atoms with Crippen LogP contribution < -0.4 is 0 Å². The molecule has 1 atom stereocenters. The highest BCUT2D eigenvalue weighted by Crippen LogP contribution is 2.23. The van der Waals surface area contributed by atoms with Gasteiger partial charge in [-0.1, -0.05) is 6.42 Å². The summed E-state index contributed by atoms with van der Waals surface area (Å²) in [7, 11) is 0. The topological polar surface area (TPSA) is 23.6 Å². The Bertz CT molecular complexity index is 287. The van der Waals surface area contributed by atoms with Gasteiger partial charge in [-0.3, -0.25) is 9.69 Å². The number of ketones is 1. The second-order valence-corrected chi connectivity index (χ2v) is 6.87. The van der Waals surface area contributed by atoms with Gasteiger partial charge in [0.1, 0.15) is 5.78 Å². The molecule has 1 aliphatic heterocycles. The lowest BCUT2D eigenvalue weighted by Crippen LogP contribution is -2.54. The van der Waals surface area contributed by atoms with Crippen molar-refractivity contribution in [2.45, 2.75) is 52.0 Å². The highest BCUT2D eigenvalue weighted by atomic mass is 16.1. The molecule has 0 aromatic rings. The number of Topliss-reactive ketones (excluding diaryl/α,β-unsaturated/α-hetero) is 1. The first-order chi connectivity index (χ1) is 8.47. The van der Waals surface area contributed by atoms with Crippen molar-refractivity contribution in [3.05, 3.63) is 0 Å². The largest absolute Gasteiger partial charge is 0.300 e. The van der Waals surface area contributed by atoms with Gasteiger partial charge in [0, 0.05) is 50.6 Å². The number of carbonyl (C=O) groups is 1. The molecule has 2 fully saturated rings. The molecule has 2 rings (SSSR count). The van der Waals surface area contributed by atoms with E-state index in [1.54, 1.807) is 0 Å². The summed E-state index contributed by atoms with van der Waals surface area (Å²) in [6.45, 7) is 12.4. The van der Waals surface area contributed by atoms with Gasteiger partial charge in [-0.05, 0) is 33.6 Å². The number of rotatable bonds is 2. The predicted molar refractivity (Wildman–Crippen MR) is 74.7 cm³/mol. The van der Waals surface area contributed by atoms with Gasteiger partial charge < -0.3 is 4.90 Å². The van der Waals surface area contributed by atoms with Crippen molar-refractivity contribution >= 4 is 5.78 Å². The maximum absolute atomic E-state index is 11.9. The molecule has 1 saturated heterocycles. The Kier molecular flexibility index (Phi) is 4.44. The summed E-state index contributed by atoms with van der Waals surface area (Å²) in [5, 5.41) is 0. The molecule has 0 aromatic heterocycles. The van der Waals surface area contributed by atoms with Crippen LogP contribution in [0, 0.1) is 5.92 Å². The minimum atomic E-state index is 0.284. The van der Waals surface area contributed by atoms with Crippen molar-refractivity contribution in [1.29, 1.82) is 0 Å². The molecular weight excluding hydrogens is 224 g/mol. The van der Waals surface area contributed by atoms with E-state index in [0.717, 1.165) is 52.0 Å². The Hall–Kier alpha value is -0.410. The molecule has 0 radical (unpaired) electrons. The highest BCUT2D eigenvalue weighted by molar-refractivity contribution is 5.81. The molecule has 1 saturated carbocycles. The van der Waals surface area contributed by atoms with Crippen molar-refractivity contribution in [1.82, 2.24) is 9.80 Å². The lowest BCUT2D eigenvalue weighted by Gasteiger charge is -2.43. The summed E-state index contributed by atoms with van der Waals surface area (Å²) in [6.07, 6.45) is 4.32. The Morgan fingerprint density at radius 2 is 1.78 bits per heavy atom. The molecule has 1 aliphatic carbocycles. The number of hydrogen-bond donors (Lipinski definition) is 0. The molecule has 1 unspecified atom stereocenters. The molecular formula is C15H28N2O. The van der Waals surface area contributed by atoms with Gasteiger partial charge in [0.25, 0.3) is 0 Å². The zero-order chi connectivity index (χ0) is 13.2. The maximum Gasteiger partial charge on any atom is 0.137 e. The smallest absolute Gasteiger partial charge is 0.137 e. The van der Waals surface area contributed by atoms with Crippen LogP contribution in [0.25, 0.3) is 0 Å². The minimum Gasteiger partial charge on any atom is -0.300 e. The maximum atomic E-state index is 11.9. The Labute approximate surface area is 112 Å². The van der Waals surface area contributed by atoms with Gasteiger partial charge in [-0.25, -0.2) is 0 Å². The third-order valence-corrected chi connectivity index (χ3v) is 4.48. The molecule has 0 amide bonds. The SMILES string of the molecule is CC(C)(C)N1CCN(CC2CCCCC2=O)CC1. The minimum absolute atomic E-state index is 0.284. The molecule has 3 nitrogen and oxygen atoms in total. The van der Waals surface area contributed by atoms with E-state index in [1.165, 1.54) is 6.42 Å². The molecule has 104 valence electrons. The fraction of sp³-hybridized carbons (Fsp3) is 0.933. The summed E-state index contributed by atoms with van der Waals surface area (Å²) in [5.41, 5.74) is 0.284. The molecule has 3 heteroatoms. The number of piperazine rings is 1. The van der Waals surface area contributed by atoms with Crippen molar-refractivity contribution in [2.75, 3.05) is 32.7 Å². The van der Waals surface area contributed by atoms with Gasteiger partial charge in [-0.2, -0.15) is 0 Å². The highest BCUT2D eigenvalue weighted by Gasteiger charge is 2.29. The number of hydrogen-bond acceptors (Lipinski definition) is 3. The summed E-state index contributed by atoms with van der Waals surface area (Å²) >= 11 is 0. The normalized spacial score (nSPS) is 28.6. The van der Waals surface area contributed by atoms with E-state index in [-0.39, 0.29) is 5.54 Å². The first kappa shape index (κ1) is 14.0. The van der Waals surface area contributed by atoms with Crippen LogP contribution in [0.1, 0.15) is 46.5 Å². The lowest BCUT2D eigenvalue weighted by atomic mass is 9.87. The van der Waals surface area contributed by atoms with Crippen LogP contribution in [-0.4, -0.2) is 53.8 Å². The van der Waals surface area contributed by atoms with E-state index in [1.807, 2.05) is 0 Å². The molecule has 18 heavy (non-hydrogen) atoms. The Balaban J connectivity index is 1.78.